The van der Waals surface area contributed by atoms with Crippen LogP contribution in [-0.4, -0.2) is 28.2 Å². The van der Waals surface area contributed by atoms with Crippen molar-refractivity contribution in [2.45, 2.75) is 39.1 Å². The van der Waals surface area contributed by atoms with Crippen molar-refractivity contribution in [3.63, 3.8) is 0 Å². The first-order valence-electron chi connectivity index (χ1n) is 8.50. The fraction of sp³-hybridized carbons (Fsp3) is 0.350. The molecular weight excluding hydrogens is 358 g/mol. The molecule has 7 heteroatoms. The Morgan fingerprint density at radius 3 is 2.52 bits per heavy atom. The highest BCUT2D eigenvalue weighted by atomic mass is 32.2. The first-order chi connectivity index (χ1) is 12.9. The lowest BCUT2D eigenvalue weighted by Gasteiger charge is -2.22. The maximum absolute atomic E-state index is 12.9. The van der Waals surface area contributed by atoms with Gasteiger partial charge in [0.05, 0.1) is 23.9 Å². The van der Waals surface area contributed by atoms with Gasteiger partial charge in [0.1, 0.15) is 22.5 Å². The lowest BCUT2D eigenvalue weighted by Crippen LogP contribution is -2.33. The van der Waals surface area contributed by atoms with Gasteiger partial charge in [0.15, 0.2) is 0 Å². The van der Waals surface area contributed by atoms with Crippen LogP contribution < -0.4 is 4.90 Å². The zero-order valence-electron chi connectivity index (χ0n) is 15.9. The molecule has 0 aliphatic carbocycles. The standard InChI is InChI=1S/C20H21N5OS/c1-13-6-7-17(10-14(13)2)25(9-5-8-21)19(26)12-27-20-18(11-22)15(3)23-16(4)24-20/h6-7,10H,5,9,12H2,1-4H3. The highest BCUT2D eigenvalue weighted by Gasteiger charge is 2.18. The number of benzene rings is 1. The number of aryl methyl sites for hydroxylation is 4. The lowest BCUT2D eigenvalue weighted by atomic mass is 10.1. The first-order valence-corrected chi connectivity index (χ1v) is 9.48. The molecule has 0 unspecified atom stereocenters. The molecule has 0 bridgehead atoms. The third kappa shape index (κ3) is 5.06. The van der Waals surface area contributed by atoms with Crippen molar-refractivity contribution in [1.82, 2.24) is 9.97 Å². The maximum atomic E-state index is 12.9. The summed E-state index contributed by atoms with van der Waals surface area (Å²) in [5, 5.41) is 18.8. The Labute approximate surface area is 163 Å². The Balaban J connectivity index is 2.23. The van der Waals surface area contributed by atoms with E-state index in [4.69, 9.17) is 5.26 Å². The quantitative estimate of drug-likeness (QED) is 0.562. The molecule has 0 spiro atoms. The number of carbonyl (C=O) groups is 1. The molecule has 1 aromatic carbocycles. The van der Waals surface area contributed by atoms with Gasteiger partial charge in [-0.25, -0.2) is 9.97 Å². The van der Waals surface area contributed by atoms with E-state index < -0.39 is 0 Å². The van der Waals surface area contributed by atoms with E-state index in [1.165, 1.54) is 11.8 Å². The van der Waals surface area contributed by atoms with Gasteiger partial charge in [0.25, 0.3) is 0 Å². The fourth-order valence-electron chi connectivity index (χ4n) is 2.58. The summed E-state index contributed by atoms with van der Waals surface area (Å²) >= 11 is 1.22. The predicted octanol–water partition coefficient (Wildman–Crippen LogP) is 3.62. The van der Waals surface area contributed by atoms with E-state index in [0.717, 1.165) is 16.8 Å². The highest BCUT2D eigenvalue weighted by Crippen LogP contribution is 2.25. The molecule has 0 fully saturated rings. The van der Waals surface area contributed by atoms with Crippen LogP contribution in [0.25, 0.3) is 0 Å². The van der Waals surface area contributed by atoms with Gasteiger partial charge in [-0.3, -0.25) is 4.79 Å². The number of amides is 1. The van der Waals surface area contributed by atoms with E-state index in [2.05, 4.69) is 22.1 Å². The number of hydrogen-bond donors (Lipinski definition) is 0. The van der Waals surface area contributed by atoms with Crippen LogP contribution in [0.1, 0.15) is 34.6 Å². The molecule has 0 N–H and O–H groups in total. The van der Waals surface area contributed by atoms with Crippen molar-refractivity contribution in [3.8, 4) is 12.1 Å². The molecule has 0 radical (unpaired) electrons. The van der Waals surface area contributed by atoms with Crippen molar-refractivity contribution in [2.24, 2.45) is 0 Å². The molecule has 1 heterocycles. The molecule has 1 amide bonds. The minimum Gasteiger partial charge on any atom is -0.311 e. The summed E-state index contributed by atoms with van der Waals surface area (Å²) < 4.78 is 0. The third-order valence-corrected chi connectivity index (χ3v) is 5.12. The van der Waals surface area contributed by atoms with Crippen LogP contribution >= 0.6 is 11.8 Å². The van der Waals surface area contributed by atoms with E-state index in [1.807, 2.05) is 32.0 Å². The number of anilines is 1. The minimum atomic E-state index is -0.128. The minimum absolute atomic E-state index is 0.128. The molecule has 2 aromatic rings. The molecule has 6 nitrogen and oxygen atoms in total. The maximum Gasteiger partial charge on any atom is 0.237 e. The second-order valence-corrected chi connectivity index (χ2v) is 7.12. The van der Waals surface area contributed by atoms with Crippen LogP contribution in [-0.2, 0) is 4.79 Å². The Kier molecular flexibility index (Phi) is 6.92. The molecule has 0 aliphatic heterocycles. The zero-order chi connectivity index (χ0) is 20.0. The van der Waals surface area contributed by atoms with Crippen molar-refractivity contribution in [3.05, 3.63) is 46.4 Å². The van der Waals surface area contributed by atoms with Crippen molar-refractivity contribution < 1.29 is 4.79 Å². The van der Waals surface area contributed by atoms with Crippen LogP contribution in [0.3, 0.4) is 0 Å². The Morgan fingerprint density at radius 2 is 1.89 bits per heavy atom. The average Bonchev–Trinajstić information content (AvgIpc) is 2.62. The summed E-state index contributed by atoms with van der Waals surface area (Å²) in [6, 6.07) is 10.0. The third-order valence-electron chi connectivity index (χ3n) is 4.16. The van der Waals surface area contributed by atoms with Crippen LogP contribution in [0.5, 0.6) is 0 Å². The molecule has 0 atom stereocenters. The monoisotopic (exact) mass is 379 g/mol. The molecule has 138 valence electrons. The van der Waals surface area contributed by atoms with Gasteiger partial charge in [-0.15, -0.1) is 0 Å². The van der Waals surface area contributed by atoms with Gasteiger partial charge in [0, 0.05) is 12.2 Å². The molecule has 27 heavy (non-hydrogen) atoms. The Hall–Kier alpha value is -2.90. The molecule has 0 aliphatic rings. The Bertz CT molecular complexity index is 943. The lowest BCUT2D eigenvalue weighted by molar-refractivity contribution is -0.116. The molecule has 0 saturated heterocycles. The average molecular weight is 379 g/mol. The summed E-state index contributed by atoms with van der Waals surface area (Å²) in [6.07, 6.45) is 0.249. The summed E-state index contributed by atoms with van der Waals surface area (Å²) in [4.78, 5) is 23.0. The topological polar surface area (TPSA) is 93.7 Å². The molecule has 0 saturated carbocycles. The van der Waals surface area contributed by atoms with Gasteiger partial charge in [-0.1, -0.05) is 17.8 Å². The van der Waals surface area contributed by atoms with E-state index in [1.54, 1.807) is 18.7 Å². The van der Waals surface area contributed by atoms with Crippen molar-refractivity contribution in [2.75, 3.05) is 17.2 Å². The number of thioether (sulfide) groups is 1. The largest absolute Gasteiger partial charge is 0.311 e. The number of hydrogen-bond acceptors (Lipinski definition) is 6. The highest BCUT2D eigenvalue weighted by molar-refractivity contribution is 8.00. The van der Waals surface area contributed by atoms with E-state index >= 15 is 0 Å². The van der Waals surface area contributed by atoms with Crippen LogP contribution in [0.2, 0.25) is 0 Å². The summed E-state index contributed by atoms with van der Waals surface area (Å²) in [5.41, 5.74) is 4.01. The number of nitrogens with zero attached hydrogens (tertiary/aromatic N) is 5. The second-order valence-electron chi connectivity index (χ2n) is 6.16. The van der Waals surface area contributed by atoms with Crippen molar-refractivity contribution >= 4 is 23.4 Å². The smallest absolute Gasteiger partial charge is 0.237 e. The van der Waals surface area contributed by atoms with E-state index in [0.29, 0.717) is 28.7 Å². The number of rotatable bonds is 6. The van der Waals surface area contributed by atoms with Crippen LogP contribution in [0, 0.1) is 50.4 Å². The van der Waals surface area contributed by atoms with E-state index in [-0.39, 0.29) is 18.1 Å². The van der Waals surface area contributed by atoms with E-state index in [9.17, 15) is 10.1 Å². The predicted molar refractivity (Wildman–Crippen MR) is 105 cm³/mol. The molecular formula is C20H21N5OS. The van der Waals surface area contributed by atoms with Gasteiger partial charge in [-0.05, 0) is 51.0 Å². The van der Waals surface area contributed by atoms with Crippen molar-refractivity contribution in [1.29, 1.82) is 10.5 Å². The van der Waals surface area contributed by atoms with Gasteiger partial charge < -0.3 is 4.90 Å². The second kappa shape index (κ2) is 9.16. The normalized spacial score (nSPS) is 10.1. The number of nitriles is 2. The summed E-state index contributed by atoms with van der Waals surface area (Å²) in [6.45, 7) is 7.85. The van der Waals surface area contributed by atoms with Gasteiger partial charge in [0.2, 0.25) is 5.91 Å². The van der Waals surface area contributed by atoms with Crippen LogP contribution in [0.15, 0.2) is 23.2 Å². The van der Waals surface area contributed by atoms with Crippen LogP contribution in [0.4, 0.5) is 5.69 Å². The first kappa shape index (κ1) is 20.4. The molecule has 1 aromatic heterocycles. The number of carbonyl (C=O) groups excluding carboxylic acids is 1. The zero-order valence-corrected chi connectivity index (χ0v) is 16.7. The van der Waals surface area contributed by atoms with Gasteiger partial charge in [-0.2, -0.15) is 10.5 Å². The summed E-state index contributed by atoms with van der Waals surface area (Å²) in [5.74, 6) is 0.566. The van der Waals surface area contributed by atoms with Gasteiger partial charge >= 0.3 is 0 Å². The Morgan fingerprint density at radius 1 is 1.15 bits per heavy atom. The SMILES string of the molecule is Cc1nc(C)c(C#N)c(SCC(=O)N(CCC#N)c2ccc(C)c(C)c2)n1. The molecule has 2 rings (SSSR count). The summed E-state index contributed by atoms with van der Waals surface area (Å²) in [7, 11) is 0. The number of aromatic nitrogens is 2. The fourth-order valence-corrected chi connectivity index (χ4v) is 3.53.